The molecular formula is C17H23N5. The lowest BCUT2D eigenvalue weighted by molar-refractivity contribution is 0.794. The molecule has 1 aromatic carbocycles. The van der Waals surface area contributed by atoms with Gasteiger partial charge in [-0.1, -0.05) is 37.6 Å². The van der Waals surface area contributed by atoms with Crippen molar-refractivity contribution >= 4 is 11.9 Å². The number of guanidine groups is 1. The van der Waals surface area contributed by atoms with Crippen LogP contribution in [0.25, 0.3) is 0 Å². The summed E-state index contributed by atoms with van der Waals surface area (Å²) >= 11 is 0. The molecule has 0 unspecified atom stereocenters. The first-order valence-electron chi connectivity index (χ1n) is 7.62. The largest absolute Gasteiger partial charge is 0.370 e. The van der Waals surface area contributed by atoms with Gasteiger partial charge >= 0.3 is 0 Å². The highest BCUT2D eigenvalue weighted by Gasteiger charge is 1.99. The molecule has 0 saturated heterocycles. The molecule has 0 aliphatic heterocycles. The zero-order valence-corrected chi connectivity index (χ0v) is 13.2. The normalized spacial score (nSPS) is 11.5. The van der Waals surface area contributed by atoms with Crippen molar-refractivity contribution in [3.8, 4) is 0 Å². The van der Waals surface area contributed by atoms with Crippen LogP contribution in [-0.2, 0) is 13.0 Å². The van der Waals surface area contributed by atoms with E-state index in [0.29, 0.717) is 18.5 Å². The van der Waals surface area contributed by atoms with Crippen LogP contribution in [0.4, 0.5) is 5.95 Å². The zero-order chi connectivity index (χ0) is 15.8. The minimum absolute atomic E-state index is 0.320. The van der Waals surface area contributed by atoms with Crippen LogP contribution in [0, 0.1) is 6.92 Å². The number of nitrogens with two attached hydrogens (primary N) is 1. The zero-order valence-electron chi connectivity index (χ0n) is 13.2. The summed E-state index contributed by atoms with van der Waals surface area (Å²) < 4.78 is 0. The predicted molar refractivity (Wildman–Crippen MR) is 90.8 cm³/mol. The number of aliphatic imine (C=N–C) groups is 1. The number of unbranched alkanes of at least 4 members (excludes halogenated alkanes) is 1. The number of nitrogens with zero attached hydrogens (tertiary/aromatic N) is 3. The third kappa shape index (κ3) is 5.16. The first-order valence-corrected chi connectivity index (χ1v) is 7.62. The molecule has 0 aliphatic carbocycles. The summed E-state index contributed by atoms with van der Waals surface area (Å²) in [5.74, 6) is 0.789. The van der Waals surface area contributed by atoms with E-state index in [4.69, 9.17) is 5.73 Å². The molecule has 0 radical (unpaired) electrons. The van der Waals surface area contributed by atoms with E-state index in [1.54, 1.807) is 6.20 Å². The van der Waals surface area contributed by atoms with Crippen molar-refractivity contribution in [2.24, 2.45) is 10.7 Å². The van der Waals surface area contributed by atoms with Crippen molar-refractivity contribution in [3.05, 3.63) is 53.3 Å². The first-order chi connectivity index (χ1) is 10.7. The van der Waals surface area contributed by atoms with Crippen LogP contribution < -0.4 is 11.1 Å². The molecule has 1 heterocycles. The Labute approximate surface area is 131 Å². The molecule has 0 amide bonds. The SMILES string of the molecule is CCCCc1ccc(CN=C(N)Nc2nccc(C)n2)cc1. The van der Waals surface area contributed by atoms with Crippen molar-refractivity contribution in [1.82, 2.24) is 9.97 Å². The third-order valence-electron chi connectivity index (χ3n) is 3.31. The summed E-state index contributed by atoms with van der Waals surface area (Å²) in [6.07, 6.45) is 5.27. The van der Waals surface area contributed by atoms with E-state index in [1.165, 1.54) is 18.4 Å². The molecule has 2 rings (SSSR count). The Morgan fingerprint density at radius 2 is 1.91 bits per heavy atom. The molecule has 5 nitrogen and oxygen atoms in total. The van der Waals surface area contributed by atoms with Crippen LogP contribution in [0.1, 0.15) is 36.6 Å². The quantitative estimate of drug-likeness (QED) is 0.634. The molecule has 0 aliphatic rings. The molecular weight excluding hydrogens is 274 g/mol. The molecule has 22 heavy (non-hydrogen) atoms. The minimum Gasteiger partial charge on any atom is -0.370 e. The van der Waals surface area contributed by atoms with E-state index < -0.39 is 0 Å². The van der Waals surface area contributed by atoms with Crippen molar-refractivity contribution < 1.29 is 0 Å². The highest BCUT2D eigenvalue weighted by atomic mass is 15.2. The summed E-state index contributed by atoms with van der Waals surface area (Å²) in [5.41, 5.74) is 9.24. The van der Waals surface area contributed by atoms with Crippen molar-refractivity contribution in [2.75, 3.05) is 5.32 Å². The van der Waals surface area contributed by atoms with Gasteiger partial charge in [-0.15, -0.1) is 0 Å². The number of anilines is 1. The van der Waals surface area contributed by atoms with Crippen LogP contribution in [0.2, 0.25) is 0 Å². The van der Waals surface area contributed by atoms with E-state index in [2.05, 4.69) is 51.5 Å². The molecule has 0 spiro atoms. The van der Waals surface area contributed by atoms with Gasteiger partial charge in [-0.3, -0.25) is 5.32 Å². The predicted octanol–water partition coefficient (Wildman–Crippen LogP) is 3.05. The van der Waals surface area contributed by atoms with Gasteiger partial charge in [0.1, 0.15) is 0 Å². The molecule has 0 bridgehead atoms. The average molecular weight is 297 g/mol. The van der Waals surface area contributed by atoms with Crippen molar-refractivity contribution in [1.29, 1.82) is 0 Å². The Morgan fingerprint density at radius 3 is 2.59 bits per heavy atom. The molecule has 0 atom stereocenters. The van der Waals surface area contributed by atoms with Crippen LogP contribution in [-0.4, -0.2) is 15.9 Å². The van der Waals surface area contributed by atoms with E-state index in [1.807, 2.05) is 13.0 Å². The smallest absolute Gasteiger partial charge is 0.229 e. The Kier molecular flexibility index (Phi) is 5.89. The highest BCUT2D eigenvalue weighted by Crippen LogP contribution is 2.09. The second-order valence-electron chi connectivity index (χ2n) is 5.27. The van der Waals surface area contributed by atoms with Crippen LogP contribution in [0.5, 0.6) is 0 Å². The third-order valence-corrected chi connectivity index (χ3v) is 3.31. The number of aromatic nitrogens is 2. The Hall–Kier alpha value is -2.43. The van der Waals surface area contributed by atoms with Crippen molar-refractivity contribution in [3.63, 3.8) is 0 Å². The van der Waals surface area contributed by atoms with Gasteiger partial charge in [0.2, 0.25) is 5.95 Å². The van der Waals surface area contributed by atoms with Crippen LogP contribution in [0.15, 0.2) is 41.5 Å². The molecule has 3 N–H and O–H groups in total. The summed E-state index contributed by atoms with van der Waals surface area (Å²) in [7, 11) is 0. The van der Waals surface area contributed by atoms with Gasteiger partial charge < -0.3 is 5.73 Å². The second-order valence-corrected chi connectivity index (χ2v) is 5.27. The van der Waals surface area contributed by atoms with Gasteiger partial charge in [0.05, 0.1) is 6.54 Å². The summed E-state index contributed by atoms with van der Waals surface area (Å²) in [5, 5.41) is 2.90. The van der Waals surface area contributed by atoms with Gasteiger partial charge in [0.15, 0.2) is 5.96 Å². The maximum absolute atomic E-state index is 5.86. The van der Waals surface area contributed by atoms with Crippen LogP contribution in [0.3, 0.4) is 0 Å². The number of benzene rings is 1. The monoisotopic (exact) mass is 297 g/mol. The molecule has 2 aromatic rings. The Bertz CT molecular complexity index is 619. The number of hydrogen-bond acceptors (Lipinski definition) is 3. The summed E-state index contributed by atoms with van der Waals surface area (Å²) in [4.78, 5) is 12.6. The van der Waals surface area contributed by atoms with Gasteiger partial charge in [-0.05, 0) is 37.0 Å². The maximum atomic E-state index is 5.86. The number of aryl methyl sites for hydroxylation is 2. The standard InChI is InChI=1S/C17H23N5/c1-3-4-5-14-6-8-15(9-7-14)12-20-16(18)22-17-19-11-10-13(2)21-17/h6-11H,3-5,12H2,1-2H3,(H3,18,19,20,21,22). The lowest BCUT2D eigenvalue weighted by Gasteiger charge is -2.05. The second kappa shape index (κ2) is 8.12. The van der Waals surface area contributed by atoms with Crippen molar-refractivity contribution in [2.45, 2.75) is 39.7 Å². The van der Waals surface area contributed by atoms with Gasteiger partial charge in [-0.25, -0.2) is 15.0 Å². The molecule has 1 aromatic heterocycles. The summed E-state index contributed by atoms with van der Waals surface area (Å²) in [6, 6.07) is 10.4. The van der Waals surface area contributed by atoms with Gasteiger partial charge in [0.25, 0.3) is 0 Å². The number of hydrogen-bond donors (Lipinski definition) is 2. The fraction of sp³-hybridized carbons (Fsp3) is 0.353. The maximum Gasteiger partial charge on any atom is 0.229 e. The fourth-order valence-corrected chi connectivity index (χ4v) is 2.03. The first kappa shape index (κ1) is 15.9. The van der Waals surface area contributed by atoms with Gasteiger partial charge in [0, 0.05) is 11.9 Å². The summed E-state index contributed by atoms with van der Waals surface area (Å²) in [6.45, 7) is 4.65. The highest BCUT2D eigenvalue weighted by molar-refractivity contribution is 5.90. The number of rotatable bonds is 6. The Morgan fingerprint density at radius 1 is 1.18 bits per heavy atom. The fourth-order valence-electron chi connectivity index (χ4n) is 2.03. The molecule has 116 valence electrons. The van der Waals surface area contributed by atoms with E-state index in [0.717, 1.165) is 17.7 Å². The molecule has 0 saturated carbocycles. The topological polar surface area (TPSA) is 76.2 Å². The van der Waals surface area contributed by atoms with Gasteiger partial charge in [-0.2, -0.15) is 0 Å². The number of nitrogens with one attached hydrogen (secondary N) is 1. The lowest BCUT2D eigenvalue weighted by atomic mass is 10.1. The Balaban J connectivity index is 1.90. The average Bonchev–Trinajstić information content (AvgIpc) is 2.52. The van der Waals surface area contributed by atoms with E-state index in [9.17, 15) is 0 Å². The minimum atomic E-state index is 0.320. The van der Waals surface area contributed by atoms with Crippen LogP contribution >= 0.6 is 0 Å². The van der Waals surface area contributed by atoms with E-state index in [-0.39, 0.29) is 0 Å². The molecule has 5 heteroatoms. The lowest BCUT2D eigenvalue weighted by Crippen LogP contribution is -2.24. The van der Waals surface area contributed by atoms with E-state index >= 15 is 0 Å². The molecule has 0 fully saturated rings.